The van der Waals surface area contributed by atoms with Gasteiger partial charge in [0.05, 0.1) is 6.07 Å². The van der Waals surface area contributed by atoms with Gasteiger partial charge >= 0.3 is 11.9 Å². The lowest BCUT2D eigenvalue weighted by molar-refractivity contribution is -0.402. The molecule has 1 N–H and O–H groups in total. The fraction of sp³-hybridized carbons (Fsp3) is 0.500. The minimum atomic E-state index is -0.907. The fourth-order valence-corrected chi connectivity index (χ4v) is 2.51. The number of esters is 1. The maximum Gasteiger partial charge on any atom is 0.433 e. The average molecular weight is 336 g/mol. The summed E-state index contributed by atoms with van der Waals surface area (Å²) in [7, 11) is 0. The standard InChI is InChI=1S/C16H20N2O6/c1-11(16(20)17-12-5-3-2-4-6-12)23-15(19)10-8-13-7-9-14(24-13)18(21)22/h7-12H,2-6H2,1H3,(H,17,20)/b10-8+/t11-/m0/s1. The van der Waals surface area contributed by atoms with Crippen LogP contribution in [0.4, 0.5) is 5.88 Å². The summed E-state index contributed by atoms with van der Waals surface area (Å²) in [6.45, 7) is 1.50. The number of hydrogen-bond donors (Lipinski definition) is 1. The molecule has 0 radical (unpaired) electrons. The van der Waals surface area contributed by atoms with E-state index in [0.29, 0.717) is 0 Å². The van der Waals surface area contributed by atoms with Crippen molar-refractivity contribution in [2.75, 3.05) is 0 Å². The van der Waals surface area contributed by atoms with Gasteiger partial charge < -0.3 is 14.5 Å². The number of nitrogens with one attached hydrogen (secondary N) is 1. The molecule has 1 aliphatic rings. The van der Waals surface area contributed by atoms with Crippen LogP contribution < -0.4 is 5.32 Å². The first-order valence-corrected chi connectivity index (χ1v) is 7.89. The number of carbonyl (C=O) groups excluding carboxylic acids is 2. The fourth-order valence-electron chi connectivity index (χ4n) is 2.51. The van der Waals surface area contributed by atoms with Crippen LogP contribution in [0, 0.1) is 10.1 Å². The van der Waals surface area contributed by atoms with Gasteiger partial charge in [-0.05, 0) is 31.9 Å². The molecule has 0 aromatic carbocycles. The number of hydrogen-bond acceptors (Lipinski definition) is 6. The van der Waals surface area contributed by atoms with Gasteiger partial charge in [-0.2, -0.15) is 0 Å². The predicted octanol–water partition coefficient (Wildman–Crippen LogP) is 2.58. The quantitative estimate of drug-likeness (QED) is 0.370. The summed E-state index contributed by atoms with van der Waals surface area (Å²) in [5.74, 6) is -1.31. The van der Waals surface area contributed by atoms with E-state index in [0.717, 1.165) is 31.8 Å². The maximum atomic E-state index is 12.0. The molecular weight excluding hydrogens is 316 g/mol. The third-order valence-electron chi connectivity index (χ3n) is 3.79. The van der Waals surface area contributed by atoms with Crippen molar-refractivity contribution < 1.29 is 23.7 Å². The van der Waals surface area contributed by atoms with Crippen LogP contribution in [-0.2, 0) is 14.3 Å². The highest BCUT2D eigenvalue weighted by atomic mass is 16.6. The van der Waals surface area contributed by atoms with Crippen molar-refractivity contribution >= 4 is 23.8 Å². The smallest absolute Gasteiger partial charge is 0.433 e. The van der Waals surface area contributed by atoms with Crippen LogP contribution in [-0.4, -0.2) is 28.9 Å². The van der Waals surface area contributed by atoms with Gasteiger partial charge in [-0.25, -0.2) is 4.79 Å². The topological polar surface area (TPSA) is 112 Å². The van der Waals surface area contributed by atoms with Crippen molar-refractivity contribution in [1.82, 2.24) is 5.32 Å². The second-order valence-corrected chi connectivity index (χ2v) is 5.69. The van der Waals surface area contributed by atoms with Crippen LogP contribution in [0.3, 0.4) is 0 Å². The van der Waals surface area contributed by atoms with Crippen molar-refractivity contribution in [3.05, 3.63) is 34.1 Å². The summed E-state index contributed by atoms with van der Waals surface area (Å²) >= 11 is 0. The Morgan fingerprint density at radius 3 is 2.71 bits per heavy atom. The summed E-state index contributed by atoms with van der Waals surface area (Å²) < 4.78 is 9.89. The minimum absolute atomic E-state index is 0.145. The van der Waals surface area contributed by atoms with Crippen molar-refractivity contribution in [2.24, 2.45) is 0 Å². The molecule has 0 aliphatic heterocycles. The van der Waals surface area contributed by atoms with Crippen molar-refractivity contribution in [3.63, 3.8) is 0 Å². The first kappa shape index (κ1) is 17.7. The summed E-state index contributed by atoms with van der Waals surface area (Å²) in [5, 5.41) is 13.4. The molecule has 1 saturated carbocycles. The molecule has 2 rings (SSSR count). The molecule has 1 amide bonds. The second-order valence-electron chi connectivity index (χ2n) is 5.69. The number of ether oxygens (including phenoxy) is 1. The molecule has 0 unspecified atom stereocenters. The molecule has 0 saturated heterocycles. The van der Waals surface area contributed by atoms with E-state index in [4.69, 9.17) is 9.15 Å². The van der Waals surface area contributed by atoms with Crippen LogP contribution >= 0.6 is 0 Å². The van der Waals surface area contributed by atoms with Gasteiger partial charge in [-0.3, -0.25) is 14.9 Å². The molecule has 1 aliphatic carbocycles. The summed E-state index contributed by atoms with van der Waals surface area (Å²) in [4.78, 5) is 33.5. The molecular formula is C16H20N2O6. The van der Waals surface area contributed by atoms with E-state index in [1.54, 1.807) is 0 Å². The Morgan fingerprint density at radius 1 is 1.38 bits per heavy atom. The zero-order valence-electron chi connectivity index (χ0n) is 13.4. The number of furan rings is 1. The molecule has 0 spiro atoms. The van der Waals surface area contributed by atoms with E-state index < -0.39 is 22.9 Å². The van der Waals surface area contributed by atoms with E-state index in [2.05, 4.69) is 5.32 Å². The van der Waals surface area contributed by atoms with Crippen LogP contribution in [0.2, 0.25) is 0 Å². The highest BCUT2D eigenvalue weighted by Crippen LogP contribution is 2.18. The number of carbonyl (C=O) groups is 2. The monoisotopic (exact) mass is 336 g/mol. The maximum absolute atomic E-state index is 12.0. The third-order valence-corrected chi connectivity index (χ3v) is 3.79. The summed E-state index contributed by atoms with van der Waals surface area (Å²) in [6, 6.07) is 2.69. The lowest BCUT2D eigenvalue weighted by atomic mass is 9.95. The Hall–Kier alpha value is -2.64. The Labute approximate surface area is 139 Å². The molecule has 24 heavy (non-hydrogen) atoms. The number of nitro groups is 1. The molecule has 1 fully saturated rings. The first-order chi connectivity index (χ1) is 11.5. The molecule has 1 heterocycles. The number of rotatable bonds is 6. The lowest BCUT2D eigenvalue weighted by Crippen LogP contribution is -2.42. The van der Waals surface area contributed by atoms with Crippen LogP contribution in [0.5, 0.6) is 0 Å². The van der Waals surface area contributed by atoms with Gasteiger partial charge in [0.15, 0.2) is 6.10 Å². The van der Waals surface area contributed by atoms with E-state index in [1.165, 1.54) is 31.6 Å². The zero-order chi connectivity index (χ0) is 17.5. The second kappa shape index (κ2) is 8.28. The van der Waals surface area contributed by atoms with Crippen molar-refractivity contribution in [2.45, 2.75) is 51.2 Å². The number of nitrogens with zero attached hydrogens (tertiary/aromatic N) is 1. The largest absolute Gasteiger partial charge is 0.449 e. The molecule has 8 nitrogen and oxygen atoms in total. The summed E-state index contributed by atoms with van der Waals surface area (Å²) in [5.41, 5.74) is 0. The van der Waals surface area contributed by atoms with Crippen molar-refractivity contribution in [3.8, 4) is 0 Å². The Balaban J connectivity index is 1.80. The highest BCUT2D eigenvalue weighted by molar-refractivity contribution is 5.90. The van der Waals surface area contributed by atoms with E-state index in [9.17, 15) is 19.7 Å². The highest BCUT2D eigenvalue weighted by Gasteiger charge is 2.21. The molecule has 1 atom stereocenters. The van der Waals surface area contributed by atoms with Gasteiger partial charge in [0.25, 0.3) is 5.91 Å². The first-order valence-electron chi connectivity index (χ1n) is 7.89. The summed E-state index contributed by atoms with van der Waals surface area (Å²) in [6.07, 6.45) is 6.68. The minimum Gasteiger partial charge on any atom is -0.449 e. The van der Waals surface area contributed by atoms with Gasteiger partial charge in [0.2, 0.25) is 0 Å². The molecule has 0 bridgehead atoms. The van der Waals surface area contributed by atoms with E-state index in [-0.39, 0.29) is 17.7 Å². The lowest BCUT2D eigenvalue weighted by Gasteiger charge is -2.24. The van der Waals surface area contributed by atoms with Crippen LogP contribution in [0.15, 0.2) is 22.6 Å². The van der Waals surface area contributed by atoms with Crippen molar-refractivity contribution in [1.29, 1.82) is 0 Å². The SMILES string of the molecule is C[C@H](OC(=O)/C=C/c1ccc([N+](=O)[O-])o1)C(=O)NC1CCCCC1. The molecule has 1 aromatic rings. The Bertz CT molecular complexity index is 630. The molecule has 130 valence electrons. The predicted molar refractivity (Wildman–Crippen MR) is 85.0 cm³/mol. The van der Waals surface area contributed by atoms with Gasteiger partial charge in [0.1, 0.15) is 10.7 Å². The van der Waals surface area contributed by atoms with E-state index in [1.807, 2.05) is 0 Å². The Morgan fingerprint density at radius 2 is 2.08 bits per heavy atom. The Kier molecular flexibility index (Phi) is 6.11. The third kappa shape index (κ3) is 5.22. The van der Waals surface area contributed by atoms with Gasteiger partial charge in [-0.1, -0.05) is 19.3 Å². The normalized spacial score (nSPS) is 16.7. The van der Waals surface area contributed by atoms with Crippen LogP contribution in [0.1, 0.15) is 44.8 Å². The molecule has 8 heteroatoms. The number of amides is 1. The van der Waals surface area contributed by atoms with Gasteiger partial charge in [-0.15, -0.1) is 0 Å². The molecule has 1 aromatic heterocycles. The van der Waals surface area contributed by atoms with E-state index >= 15 is 0 Å². The zero-order valence-corrected chi connectivity index (χ0v) is 13.4. The average Bonchev–Trinajstić information content (AvgIpc) is 3.03. The van der Waals surface area contributed by atoms with Crippen LogP contribution in [0.25, 0.3) is 6.08 Å². The van der Waals surface area contributed by atoms with Gasteiger partial charge in [0, 0.05) is 12.1 Å².